The van der Waals surface area contributed by atoms with Crippen molar-refractivity contribution in [2.24, 2.45) is 0 Å². The van der Waals surface area contributed by atoms with Gasteiger partial charge in [-0.25, -0.2) is 8.42 Å². The number of nitrogens with one attached hydrogen (secondary N) is 2. The van der Waals surface area contributed by atoms with Crippen molar-refractivity contribution >= 4 is 38.9 Å². The third-order valence-electron chi connectivity index (χ3n) is 5.51. The summed E-state index contributed by atoms with van der Waals surface area (Å²) in [6.07, 6.45) is 0.513. The molecule has 3 aromatic rings. The van der Waals surface area contributed by atoms with Crippen molar-refractivity contribution in [3.05, 3.63) is 83.4 Å². The molecule has 0 saturated heterocycles. The first-order valence-corrected chi connectivity index (χ1v) is 12.0. The predicted octanol–water partition coefficient (Wildman–Crippen LogP) is 4.35. The normalized spacial score (nSPS) is 15.1. The van der Waals surface area contributed by atoms with Crippen molar-refractivity contribution in [3.8, 4) is 0 Å². The molecule has 33 heavy (non-hydrogen) atoms. The highest BCUT2D eigenvalue weighted by molar-refractivity contribution is 7.92. The number of benzene rings is 3. The van der Waals surface area contributed by atoms with Crippen LogP contribution in [-0.4, -0.2) is 26.3 Å². The van der Waals surface area contributed by atoms with E-state index in [1.807, 2.05) is 13.8 Å². The molecule has 8 heteroatoms. The average Bonchev–Trinajstić information content (AvgIpc) is 3.09. The lowest BCUT2D eigenvalue weighted by Crippen LogP contribution is -2.35. The third-order valence-corrected chi connectivity index (χ3v) is 7.46. The van der Waals surface area contributed by atoms with Gasteiger partial charge >= 0.3 is 0 Å². The minimum absolute atomic E-state index is 0.198. The molecule has 0 aromatic heterocycles. The highest BCUT2D eigenvalue weighted by Gasteiger charge is 2.36. The Kier molecular flexibility index (Phi) is 5.95. The maximum absolute atomic E-state index is 13.3. The molecule has 3 aromatic carbocycles. The molecule has 0 saturated carbocycles. The van der Waals surface area contributed by atoms with Crippen LogP contribution in [0.3, 0.4) is 0 Å². The predicted molar refractivity (Wildman–Crippen MR) is 129 cm³/mol. The summed E-state index contributed by atoms with van der Waals surface area (Å²) in [6, 6.07) is 18.5. The Hall–Kier alpha value is -3.65. The van der Waals surface area contributed by atoms with Gasteiger partial charge in [0, 0.05) is 29.9 Å². The van der Waals surface area contributed by atoms with Crippen molar-refractivity contribution in [1.82, 2.24) is 0 Å². The molecule has 2 N–H and O–H groups in total. The number of nitrogens with zero attached hydrogens (tertiary/aromatic N) is 1. The molecule has 4 rings (SSSR count). The number of hydrogen-bond donors (Lipinski definition) is 2. The van der Waals surface area contributed by atoms with Crippen LogP contribution in [0, 0.1) is 6.92 Å². The summed E-state index contributed by atoms with van der Waals surface area (Å²) < 4.78 is 28.0. The molecule has 1 aliphatic rings. The first-order chi connectivity index (χ1) is 15.6. The summed E-state index contributed by atoms with van der Waals surface area (Å²) in [5.74, 6) is -0.512. The van der Waals surface area contributed by atoms with Gasteiger partial charge in [-0.3, -0.25) is 13.9 Å². The molecule has 0 radical (unpaired) electrons. The lowest BCUT2D eigenvalue weighted by molar-refractivity contribution is -0.114. The number of sulfonamides is 1. The first-order valence-electron chi connectivity index (χ1n) is 10.6. The molecule has 1 atom stereocenters. The zero-order chi connectivity index (χ0) is 23.8. The van der Waals surface area contributed by atoms with Gasteiger partial charge in [-0.05, 0) is 74.4 Å². The SMILES string of the molecule is CC(=O)Nc1cccc(NC(=O)c2ccc3c(c2)C[C@H](C)N3S(=O)(=O)c2ccc(C)cc2)c1. The summed E-state index contributed by atoms with van der Waals surface area (Å²) in [4.78, 5) is 24.3. The van der Waals surface area contributed by atoms with Crippen molar-refractivity contribution in [3.63, 3.8) is 0 Å². The van der Waals surface area contributed by atoms with Gasteiger partial charge in [-0.2, -0.15) is 0 Å². The number of aryl methyl sites for hydroxylation is 1. The van der Waals surface area contributed by atoms with Crippen LogP contribution in [0.1, 0.15) is 35.3 Å². The van der Waals surface area contributed by atoms with E-state index in [1.165, 1.54) is 11.2 Å². The number of rotatable bonds is 5. The second-order valence-electron chi connectivity index (χ2n) is 8.23. The van der Waals surface area contributed by atoms with Crippen molar-refractivity contribution in [2.75, 3.05) is 14.9 Å². The number of carbonyl (C=O) groups excluding carboxylic acids is 2. The van der Waals surface area contributed by atoms with Gasteiger partial charge in [-0.1, -0.05) is 23.8 Å². The number of fused-ring (bicyclic) bond motifs is 1. The third kappa shape index (κ3) is 4.61. The monoisotopic (exact) mass is 463 g/mol. The van der Waals surface area contributed by atoms with E-state index in [1.54, 1.807) is 66.7 Å². The van der Waals surface area contributed by atoms with Crippen LogP contribution in [0.4, 0.5) is 17.1 Å². The molecule has 2 amide bonds. The van der Waals surface area contributed by atoms with Gasteiger partial charge in [0.05, 0.1) is 10.6 Å². The fourth-order valence-corrected chi connectivity index (χ4v) is 5.71. The fraction of sp³-hybridized carbons (Fsp3) is 0.200. The summed E-state index contributed by atoms with van der Waals surface area (Å²) >= 11 is 0. The Morgan fingerprint density at radius 3 is 2.27 bits per heavy atom. The van der Waals surface area contributed by atoms with E-state index in [9.17, 15) is 18.0 Å². The van der Waals surface area contributed by atoms with Crippen LogP contribution < -0.4 is 14.9 Å². The zero-order valence-electron chi connectivity index (χ0n) is 18.6. The summed E-state index contributed by atoms with van der Waals surface area (Å²) in [7, 11) is -3.72. The van der Waals surface area contributed by atoms with E-state index in [0.717, 1.165) is 11.1 Å². The highest BCUT2D eigenvalue weighted by Crippen LogP contribution is 2.37. The molecular formula is C25H25N3O4S. The molecule has 0 unspecified atom stereocenters. The average molecular weight is 464 g/mol. The van der Waals surface area contributed by atoms with E-state index in [-0.39, 0.29) is 22.8 Å². The zero-order valence-corrected chi connectivity index (χ0v) is 19.4. The summed E-state index contributed by atoms with van der Waals surface area (Å²) in [5, 5.41) is 5.50. The lowest BCUT2D eigenvalue weighted by Gasteiger charge is -2.24. The summed E-state index contributed by atoms with van der Waals surface area (Å²) in [6.45, 7) is 5.19. The van der Waals surface area contributed by atoms with Crippen LogP contribution in [0.25, 0.3) is 0 Å². The van der Waals surface area contributed by atoms with Crippen LogP contribution in [-0.2, 0) is 21.2 Å². The van der Waals surface area contributed by atoms with Gasteiger partial charge in [-0.15, -0.1) is 0 Å². The van der Waals surface area contributed by atoms with E-state index in [4.69, 9.17) is 0 Å². The minimum atomic E-state index is -3.72. The Balaban J connectivity index is 1.58. The Labute approximate surface area is 193 Å². The number of hydrogen-bond acceptors (Lipinski definition) is 4. The van der Waals surface area contributed by atoms with Gasteiger partial charge in [0.1, 0.15) is 0 Å². The molecule has 1 heterocycles. The van der Waals surface area contributed by atoms with Crippen LogP contribution >= 0.6 is 0 Å². The second-order valence-corrected chi connectivity index (χ2v) is 10.0. The van der Waals surface area contributed by atoms with Crippen LogP contribution in [0.2, 0.25) is 0 Å². The van der Waals surface area contributed by atoms with Crippen molar-refractivity contribution in [1.29, 1.82) is 0 Å². The topological polar surface area (TPSA) is 95.6 Å². The quantitative estimate of drug-likeness (QED) is 0.588. The van der Waals surface area contributed by atoms with E-state index >= 15 is 0 Å². The lowest BCUT2D eigenvalue weighted by atomic mass is 10.1. The standard InChI is InChI=1S/C25H25N3O4S/c1-16-7-10-23(11-8-16)33(31,32)28-17(2)13-20-14-19(9-12-24(20)28)25(30)27-22-6-4-5-21(15-22)26-18(3)29/h4-12,14-15,17H,13H2,1-3H3,(H,26,29)(H,27,30)/t17-/m0/s1. The first kappa shape index (κ1) is 22.5. The minimum Gasteiger partial charge on any atom is -0.326 e. The van der Waals surface area contributed by atoms with Gasteiger partial charge in [0.15, 0.2) is 0 Å². The largest absolute Gasteiger partial charge is 0.326 e. The molecule has 1 aliphatic heterocycles. The van der Waals surface area contributed by atoms with E-state index in [0.29, 0.717) is 29.0 Å². The Morgan fingerprint density at radius 2 is 1.61 bits per heavy atom. The Morgan fingerprint density at radius 1 is 0.939 bits per heavy atom. The molecule has 7 nitrogen and oxygen atoms in total. The van der Waals surface area contributed by atoms with Crippen LogP contribution in [0.5, 0.6) is 0 Å². The van der Waals surface area contributed by atoms with E-state index in [2.05, 4.69) is 10.6 Å². The highest BCUT2D eigenvalue weighted by atomic mass is 32.2. The fourth-order valence-electron chi connectivity index (χ4n) is 4.02. The van der Waals surface area contributed by atoms with Gasteiger partial charge in [0.2, 0.25) is 5.91 Å². The van der Waals surface area contributed by atoms with Gasteiger partial charge < -0.3 is 10.6 Å². The molecule has 0 aliphatic carbocycles. The number of anilines is 3. The number of amides is 2. The maximum Gasteiger partial charge on any atom is 0.264 e. The van der Waals surface area contributed by atoms with E-state index < -0.39 is 10.0 Å². The number of carbonyl (C=O) groups is 2. The molecule has 0 spiro atoms. The van der Waals surface area contributed by atoms with Crippen LogP contribution in [0.15, 0.2) is 71.6 Å². The molecular weight excluding hydrogens is 438 g/mol. The van der Waals surface area contributed by atoms with Crippen molar-refractivity contribution in [2.45, 2.75) is 38.1 Å². The smallest absolute Gasteiger partial charge is 0.264 e. The molecule has 0 fully saturated rings. The molecule has 170 valence electrons. The molecule has 0 bridgehead atoms. The Bertz CT molecular complexity index is 1330. The van der Waals surface area contributed by atoms with Gasteiger partial charge in [0.25, 0.3) is 15.9 Å². The van der Waals surface area contributed by atoms with Crippen molar-refractivity contribution < 1.29 is 18.0 Å². The summed E-state index contributed by atoms with van der Waals surface area (Å²) in [5.41, 5.74) is 3.94. The maximum atomic E-state index is 13.3. The second kappa shape index (κ2) is 8.71.